The molecule has 2 atom stereocenters. The second kappa shape index (κ2) is 6.78. The second-order valence-electron chi connectivity index (χ2n) is 6.99. The molecule has 1 aromatic rings. The lowest BCUT2D eigenvalue weighted by molar-refractivity contribution is 0.244. The molecular weight excluding hydrogens is 258 g/mol. The minimum absolute atomic E-state index is 0.508. The van der Waals surface area contributed by atoms with Gasteiger partial charge in [-0.1, -0.05) is 26.7 Å². The Hall–Kier alpha value is -1.09. The average Bonchev–Trinajstić information content (AvgIpc) is 2.52. The van der Waals surface area contributed by atoms with Crippen molar-refractivity contribution >= 4 is 5.69 Å². The molecule has 0 radical (unpaired) electrons. The number of hydrogen-bond donors (Lipinski definition) is 1. The molecule has 1 aromatic heterocycles. The Morgan fingerprint density at radius 3 is 2.90 bits per heavy atom. The third-order valence-electron chi connectivity index (χ3n) is 5.07. The lowest BCUT2D eigenvalue weighted by Crippen LogP contribution is -2.47. The van der Waals surface area contributed by atoms with Crippen LogP contribution < -0.4 is 10.2 Å². The number of rotatable bonds is 4. The van der Waals surface area contributed by atoms with E-state index in [9.17, 15) is 0 Å². The Morgan fingerprint density at radius 1 is 1.24 bits per heavy atom. The summed E-state index contributed by atoms with van der Waals surface area (Å²) in [5.74, 6) is 0.929. The number of piperidine rings is 1. The van der Waals surface area contributed by atoms with Crippen molar-refractivity contribution in [3.8, 4) is 0 Å². The van der Waals surface area contributed by atoms with E-state index in [4.69, 9.17) is 0 Å². The first-order chi connectivity index (χ1) is 10.2. The first-order valence-electron chi connectivity index (χ1n) is 8.69. The number of anilines is 1. The van der Waals surface area contributed by atoms with Crippen LogP contribution >= 0.6 is 0 Å². The maximum Gasteiger partial charge on any atom is 0.0562 e. The Balaban J connectivity index is 1.74. The third kappa shape index (κ3) is 3.57. The van der Waals surface area contributed by atoms with Gasteiger partial charge in [0.05, 0.1) is 5.69 Å². The fraction of sp³-hybridized carbons (Fsp3) is 0.722. The molecule has 1 saturated heterocycles. The number of aromatic nitrogens is 1. The van der Waals surface area contributed by atoms with Crippen molar-refractivity contribution in [1.29, 1.82) is 0 Å². The van der Waals surface area contributed by atoms with Crippen molar-refractivity contribution < 1.29 is 0 Å². The SMILES string of the molecule is CC(C)NCc1cc(N2CCCC3CCCCC32)ccn1. The summed E-state index contributed by atoms with van der Waals surface area (Å²) in [6.07, 6.45) is 10.4. The van der Waals surface area contributed by atoms with E-state index in [1.807, 2.05) is 6.20 Å². The number of nitrogens with one attached hydrogen (secondary N) is 1. The van der Waals surface area contributed by atoms with Crippen LogP contribution in [0.4, 0.5) is 5.69 Å². The highest BCUT2D eigenvalue weighted by Gasteiger charge is 2.33. The monoisotopic (exact) mass is 287 g/mol. The van der Waals surface area contributed by atoms with Crippen LogP contribution in [-0.4, -0.2) is 23.6 Å². The Bertz CT molecular complexity index is 456. The molecule has 1 saturated carbocycles. The van der Waals surface area contributed by atoms with Gasteiger partial charge in [0.2, 0.25) is 0 Å². The molecule has 0 spiro atoms. The maximum absolute atomic E-state index is 4.52. The zero-order chi connectivity index (χ0) is 14.7. The minimum Gasteiger partial charge on any atom is -0.368 e. The summed E-state index contributed by atoms with van der Waals surface area (Å²) < 4.78 is 0. The Labute approximate surface area is 129 Å². The number of nitrogens with zero attached hydrogens (tertiary/aromatic N) is 2. The largest absolute Gasteiger partial charge is 0.368 e. The molecule has 2 heterocycles. The lowest BCUT2D eigenvalue weighted by atomic mass is 9.78. The lowest BCUT2D eigenvalue weighted by Gasteiger charge is -2.45. The summed E-state index contributed by atoms with van der Waals surface area (Å²) in [7, 11) is 0. The number of pyridine rings is 1. The average molecular weight is 287 g/mol. The highest BCUT2D eigenvalue weighted by atomic mass is 15.2. The summed E-state index contributed by atoms with van der Waals surface area (Å²) in [5.41, 5.74) is 2.56. The zero-order valence-corrected chi connectivity index (χ0v) is 13.5. The van der Waals surface area contributed by atoms with E-state index < -0.39 is 0 Å². The van der Waals surface area contributed by atoms with Gasteiger partial charge in [-0.3, -0.25) is 4.98 Å². The van der Waals surface area contributed by atoms with Crippen molar-refractivity contribution in [1.82, 2.24) is 10.3 Å². The van der Waals surface area contributed by atoms with Crippen molar-refractivity contribution in [2.45, 2.75) is 71.0 Å². The van der Waals surface area contributed by atoms with Crippen LogP contribution in [-0.2, 0) is 6.54 Å². The van der Waals surface area contributed by atoms with Crippen LogP contribution in [0.15, 0.2) is 18.3 Å². The fourth-order valence-corrected chi connectivity index (χ4v) is 3.99. The van der Waals surface area contributed by atoms with Crippen LogP contribution in [0, 0.1) is 5.92 Å². The third-order valence-corrected chi connectivity index (χ3v) is 5.07. The van der Waals surface area contributed by atoms with E-state index in [0.717, 1.165) is 18.5 Å². The summed E-state index contributed by atoms with van der Waals surface area (Å²) in [4.78, 5) is 7.20. The molecule has 2 aliphatic rings. The molecule has 3 rings (SSSR count). The second-order valence-corrected chi connectivity index (χ2v) is 6.99. The first kappa shape index (κ1) is 14.8. The van der Waals surface area contributed by atoms with Crippen LogP contribution in [0.3, 0.4) is 0 Å². The predicted octanol–water partition coefficient (Wildman–Crippen LogP) is 3.74. The molecule has 0 aromatic carbocycles. The van der Waals surface area contributed by atoms with E-state index in [1.165, 1.54) is 56.5 Å². The Morgan fingerprint density at radius 2 is 2.05 bits per heavy atom. The molecule has 0 amide bonds. The fourth-order valence-electron chi connectivity index (χ4n) is 3.99. The van der Waals surface area contributed by atoms with E-state index >= 15 is 0 Å². The quantitative estimate of drug-likeness (QED) is 0.914. The van der Waals surface area contributed by atoms with Gasteiger partial charge in [-0.05, 0) is 43.7 Å². The predicted molar refractivity (Wildman–Crippen MR) is 88.5 cm³/mol. The van der Waals surface area contributed by atoms with Crippen LogP contribution in [0.2, 0.25) is 0 Å². The smallest absolute Gasteiger partial charge is 0.0562 e. The van der Waals surface area contributed by atoms with Crippen molar-refractivity contribution in [2.24, 2.45) is 5.92 Å². The highest BCUT2D eigenvalue weighted by molar-refractivity contribution is 5.48. The van der Waals surface area contributed by atoms with Gasteiger partial charge in [0.15, 0.2) is 0 Å². The molecule has 3 heteroatoms. The maximum atomic E-state index is 4.52. The molecule has 0 bridgehead atoms. The van der Waals surface area contributed by atoms with E-state index in [1.54, 1.807) is 0 Å². The molecule has 2 fully saturated rings. The van der Waals surface area contributed by atoms with E-state index in [0.29, 0.717) is 6.04 Å². The first-order valence-corrected chi connectivity index (χ1v) is 8.69. The molecule has 2 unspecified atom stereocenters. The normalized spacial score (nSPS) is 26.0. The van der Waals surface area contributed by atoms with Crippen molar-refractivity contribution in [3.05, 3.63) is 24.0 Å². The summed E-state index contributed by atoms with van der Waals surface area (Å²) >= 11 is 0. The molecular formula is C18H29N3. The standard InChI is InChI=1S/C18H29N3/c1-14(2)20-13-16-12-17(9-10-19-16)21-11-5-7-15-6-3-4-8-18(15)21/h9-10,12,14-15,18,20H,3-8,11,13H2,1-2H3. The topological polar surface area (TPSA) is 28.2 Å². The zero-order valence-electron chi connectivity index (χ0n) is 13.5. The van der Waals surface area contributed by atoms with Crippen LogP contribution in [0.25, 0.3) is 0 Å². The molecule has 21 heavy (non-hydrogen) atoms. The molecule has 1 aliphatic carbocycles. The van der Waals surface area contributed by atoms with Gasteiger partial charge >= 0.3 is 0 Å². The number of fused-ring (bicyclic) bond motifs is 1. The molecule has 1 aliphatic heterocycles. The van der Waals surface area contributed by atoms with Crippen molar-refractivity contribution in [3.63, 3.8) is 0 Å². The summed E-state index contributed by atoms with van der Waals surface area (Å²) in [5, 5.41) is 3.47. The van der Waals surface area contributed by atoms with Gasteiger partial charge < -0.3 is 10.2 Å². The highest BCUT2D eigenvalue weighted by Crippen LogP contribution is 2.37. The molecule has 1 N–H and O–H groups in total. The molecule has 116 valence electrons. The van der Waals surface area contributed by atoms with Gasteiger partial charge in [0.1, 0.15) is 0 Å². The van der Waals surface area contributed by atoms with Gasteiger partial charge in [-0.2, -0.15) is 0 Å². The minimum atomic E-state index is 0.508. The van der Waals surface area contributed by atoms with Gasteiger partial charge in [0.25, 0.3) is 0 Å². The van der Waals surface area contributed by atoms with E-state index in [-0.39, 0.29) is 0 Å². The van der Waals surface area contributed by atoms with Gasteiger partial charge in [0, 0.05) is 37.1 Å². The van der Waals surface area contributed by atoms with Crippen LogP contribution in [0.5, 0.6) is 0 Å². The van der Waals surface area contributed by atoms with E-state index in [2.05, 4.69) is 41.2 Å². The van der Waals surface area contributed by atoms with Gasteiger partial charge in [-0.25, -0.2) is 0 Å². The van der Waals surface area contributed by atoms with Gasteiger partial charge in [-0.15, -0.1) is 0 Å². The summed E-state index contributed by atoms with van der Waals surface area (Å²) in [6.45, 7) is 6.46. The van der Waals surface area contributed by atoms with Crippen molar-refractivity contribution in [2.75, 3.05) is 11.4 Å². The van der Waals surface area contributed by atoms with Crippen LogP contribution in [0.1, 0.15) is 58.1 Å². The Kier molecular flexibility index (Phi) is 4.79. The number of hydrogen-bond acceptors (Lipinski definition) is 3. The summed E-state index contributed by atoms with van der Waals surface area (Å²) in [6, 6.07) is 5.79. The molecule has 3 nitrogen and oxygen atoms in total.